The minimum absolute atomic E-state index is 0.0531. The first kappa shape index (κ1) is 17.3. The van der Waals surface area contributed by atoms with Crippen molar-refractivity contribution in [1.82, 2.24) is 15.2 Å². The van der Waals surface area contributed by atoms with E-state index in [-0.39, 0.29) is 5.78 Å². The molecule has 1 N–H and O–H groups in total. The van der Waals surface area contributed by atoms with E-state index in [1.165, 1.54) is 19.3 Å². The van der Waals surface area contributed by atoms with Crippen LogP contribution in [0.3, 0.4) is 0 Å². The number of unbranched alkanes of at least 4 members (excludes halogenated alkanes) is 2. The average Bonchev–Trinajstić information content (AvgIpc) is 3.02. The zero-order valence-corrected chi connectivity index (χ0v) is 15.1. The molecule has 2 rings (SSSR count). The third-order valence-electron chi connectivity index (χ3n) is 4.07. The Morgan fingerprint density at radius 3 is 2.77 bits per heavy atom. The molecule has 0 unspecified atom stereocenters. The van der Waals surface area contributed by atoms with Gasteiger partial charge in [-0.15, -0.1) is 11.3 Å². The van der Waals surface area contributed by atoms with Gasteiger partial charge in [0, 0.05) is 37.9 Å². The number of likely N-dealkylation sites (tertiary alicyclic amines) is 1. The van der Waals surface area contributed by atoms with Crippen LogP contribution < -0.4 is 5.32 Å². The van der Waals surface area contributed by atoms with Gasteiger partial charge in [-0.2, -0.15) is 0 Å². The number of ketones is 1. The maximum absolute atomic E-state index is 11.3. The highest BCUT2D eigenvalue weighted by Crippen LogP contribution is 2.30. The van der Waals surface area contributed by atoms with Crippen LogP contribution in [0.5, 0.6) is 0 Å². The van der Waals surface area contributed by atoms with Crippen LogP contribution in [0, 0.1) is 0 Å². The molecular formula is C16H25N3OS2. The SMILES string of the molecule is CCCCCNC(=S)N1CCC(c2nc(C(C)=O)cs2)CC1. The van der Waals surface area contributed by atoms with Crippen molar-refractivity contribution in [3.05, 3.63) is 16.1 Å². The number of thiocarbonyl (C=S) groups is 1. The molecule has 1 saturated heterocycles. The van der Waals surface area contributed by atoms with Crippen LogP contribution in [0.15, 0.2) is 5.38 Å². The van der Waals surface area contributed by atoms with Gasteiger partial charge in [0.05, 0.1) is 5.01 Å². The number of hydrogen-bond donors (Lipinski definition) is 1. The Labute approximate surface area is 142 Å². The fourth-order valence-electron chi connectivity index (χ4n) is 2.65. The van der Waals surface area contributed by atoms with Crippen molar-refractivity contribution in [3.8, 4) is 0 Å². The number of rotatable bonds is 6. The van der Waals surface area contributed by atoms with Crippen LogP contribution in [-0.2, 0) is 0 Å². The standard InChI is InChI=1S/C16H25N3OS2/c1-3-4-5-8-17-16(21)19-9-6-13(7-10-19)15-18-14(11-22-15)12(2)20/h11,13H,3-10H2,1-2H3,(H,17,21). The first-order valence-electron chi connectivity index (χ1n) is 8.11. The third kappa shape index (κ3) is 4.74. The van der Waals surface area contributed by atoms with Crippen LogP contribution in [0.4, 0.5) is 0 Å². The van der Waals surface area contributed by atoms with Crippen molar-refractivity contribution >= 4 is 34.5 Å². The van der Waals surface area contributed by atoms with Gasteiger partial charge < -0.3 is 10.2 Å². The smallest absolute Gasteiger partial charge is 0.178 e. The molecule has 0 saturated carbocycles. The highest BCUT2D eigenvalue weighted by molar-refractivity contribution is 7.80. The molecule has 0 atom stereocenters. The molecule has 0 aliphatic carbocycles. The molecule has 0 bridgehead atoms. The molecule has 0 aromatic carbocycles. The van der Waals surface area contributed by atoms with Crippen LogP contribution in [0.2, 0.25) is 0 Å². The number of carbonyl (C=O) groups excluding carboxylic acids is 1. The van der Waals surface area contributed by atoms with E-state index in [1.54, 1.807) is 18.3 Å². The Balaban J connectivity index is 1.77. The van der Waals surface area contributed by atoms with Gasteiger partial charge in [0.15, 0.2) is 10.9 Å². The molecule has 1 aliphatic heterocycles. The van der Waals surface area contributed by atoms with E-state index in [0.29, 0.717) is 11.6 Å². The third-order valence-corrected chi connectivity index (χ3v) is 5.48. The summed E-state index contributed by atoms with van der Waals surface area (Å²) in [6, 6.07) is 0. The summed E-state index contributed by atoms with van der Waals surface area (Å²) in [5.41, 5.74) is 0.607. The molecule has 0 amide bonds. The van der Waals surface area contributed by atoms with E-state index < -0.39 is 0 Å². The normalized spacial score (nSPS) is 15.8. The second-order valence-corrected chi connectivity index (χ2v) is 7.10. The van der Waals surface area contributed by atoms with Gasteiger partial charge in [-0.05, 0) is 31.5 Å². The van der Waals surface area contributed by atoms with Crippen LogP contribution in [-0.4, -0.2) is 40.4 Å². The first-order chi connectivity index (χ1) is 10.6. The number of thiazole rings is 1. The van der Waals surface area contributed by atoms with Gasteiger partial charge in [0.2, 0.25) is 0 Å². The largest absolute Gasteiger partial charge is 0.363 e. The predicted octanol–water partition coefficient (Wildman–Crippen LogP) is 3.59. The second-order valence-electron chi connectivity index (χ2n) is 5.83. The lowest BCUT2D eigenvalue weighted by atomic mass is 9.98. The zero-order valence-electron chi connectivity index (χ0n) is 13.4. The van der Waals surface area contributed by atoms with E-state index in [0.717, 1.165) is 42.6 Å². The fourth-order valence-corrected chi connectivity index (χ4v) is 3.96. The van der Waals surface area contributed by atoms with Gasteiger partial charge in [-0.3, -0.25) is 4.79 Å². The van der Waals surface area contributed by atoms with E-state index in [1.807, 2.05) is 5.38 Å². The molecular weight excluding hydrogens is 314 g/mol. The van der Waals surface area contributed by atoms with Crippen LogP contribution >= 0.6 is 23.6 Å². The Morgan fingerprint density at radius 2 is 2.18 bits per heavy atom. The average molecular weight is 340 g/mol. The molecule has 0 radical (unpaired) electrons. The summed E-state index contributed by atoms with van der Waals surface area (Å²) in [5.74, 6) is 0.523. The fraction of sp³-hybridized carbons (Fsp3) is 0.688. The van der Waals surface area contributed by atoms with Crippen molar-refractivity contribution in [2.45, 2.75) is 51.9 Å². The maximum atomic E-state index is 11.3. The Bertz CT molecular complexity index is 507. The second kappa shape index (κ2) is 8.58. The topological polar surface area (TPSA) is 45.2 Å². The van der Waals surface area contributed by atoms with Gasteiger partial charge in [0.25, 0.3) is 0 Å². The summed E-state index contributed by atoms with van der Waals surface area (Å²) in [6.45, 7) is 6.70. The Kier molecular flexibility index (Phi) is 6.76. The number of carbonyl (C=O) groups is 1. The lowest BCUT2D eigenvalue weighted by Gasteiger charge is -2.33. The number of nitrogens with zero attached hydrogens (tertiary/aromatic N) is 2. The Morgan fingerprint density at radius 1 is 1.45 bits per heavy atom. The lowest BCUT2D eigenvalue weighted by Crippen LogP contribution is -2.44. The molecule has 1 aromatic heterocycles. The number of piperidine rings is 1. The van der Waals surface area contributed by atoms with Crippen molar-refractivity contribution in [3.63, 3.8) is 0 Å². The van der Waals surface area contributed by atoms with E-state index in [9.17, 15) is 4.79 Å². The molecule has 1 fully saturated rings. The first-order valence-corrected chi connectivity index (χ1v) is 9.39. The highest BCUT2D eigenvalue weighted by Gasteiger charge is 2.24. The molecule has 2 heterocycles. The van der Waals surface area contributed by atoms with E-state index in [4.69, 9.17) is 12.2 Å². The van der Waals surface area contributed by atoms with Gasteiger partial charge in [0.1, 0.15) is 5.69 Å². The number of nitrogens with one attached hydrogen (secondary N) is 1. The molecule has 22 heavy (non-hydrogen) atoms. The molecule has 6 heteroatoms. The Hall–Kier alpha value is -1.01. The van der Waals surface area contributed by atoms with Crippen molar-refractivity contribution in [2.75, 3.05) is 19.6 Å². The monoisotopic (exact) mass is 339 g/mol. The van der Waals surface area contributed by atoms with Crippen LogP contribution in [0.25, 0.3) is 0 Å². The quantitative estimate of drug-likeness (QED) is 0.487. The molecule has 1 aromatic rings. The summed E-state index contributed by atoms with van der Waals surface area (Å²) in [5, 5.41) is 7.23. The molecule has 122 valence electrons. The summed E-state index contributed by atoms with van der Waals surface area (Å²) in [6.07, 6.45) is 5.78. The number of Topliss-reactive ketones (excluding diaryl/α,β-unsaturated/α-hetero) is 1. The summed E-state index contributed by atoms with van der Waals surface area (Å²) < 4.78 is 0. The minimum atomic E-state index is 0.0531. The number of hydrogen-bond acceptors (Lipinski definition) is 4. The summed E-state index contributed by atoms with van der Waals surface area (Å²) >= 11 is 7.09. The van der Waals surface area contributed by atoms with Crippen molar-refractivity contribution in [1.29, 1.82) is 0 Å². The van der Waals surface area contributed by atoms with Crippen molar-refractivity contribution < 1.29 is 4.79 Å². The van der Waals surface area contributed by atoms with Gasteiger partial charge >= 0.3 is 0 Å². The van der Waals surface area contributed by atoms with E-state index in [2.05, 4.69) is 22.1 Å². The zero-order chi connectivity index (χ0) is 15.9. The molecule has 1 aliphatic rings. The van der Waals surface area contributed by atoms with Crippen LogP contribution in [0.1, 0.15) is 67.4 Å². The van der Waals surface area contributed by atoms with Gasteiger partial charge in [-0.1, -0.05) is 19.8 Å². The summed E-state index contributed by atoms with van der Waals surface area (Å²) in [7, 11) is 0. The molecule has 4 nitrogen and oxygen atoms in total. The minimum Gasteiger partial charge on any atom is -0.363 e. The van der Waals surface area contributed by atoms with E-state index >= 15 is 0 Å². The molecule has 0 spiro atoms. The number of aromatic nitrogens is 1. The maximum Gasteiger partial charge on any atom is 0.178 e. The van der Waals surface area contributed by atoms with Gasteiger partial charge in [-0.25, -0.2) is 4.98 Å². The van der Waals surface area contributed by atoms with Crippen molar-refractivity contribution in [2.24, 2.45) is 0 Å². The lowest BCUT2D eigenvalue weighted by molar-refractivity contribution is 0.101. The highest BCUT2D eigenvalue weighted by atomic mass is 32.1. The summed E-state index contributed by atoms with van der Waals surface area (Å²) in [4.78, 5) is 18.1. The predicted molar refractivity (Wildman–Crippen MR) is 95.8 cm³/mol.